The van der Waals surface area contributed by atoms with Crippen molar-refractivity contribution in [2.75, 3.05) is 13.1 Å². The maximum absolute atomic E-state index is 13.2. The molecule has 0 bridgehead atoms. The van der Waals surface area contributed by atoms with Crippen LogP contribution in [0.25, 0.3) is 0 Å². The van der Waals surface area contributed by atoms with Gasteiger partial charge in [0.1, 0.15) is 11.6 Å². The molecule has 0 aromatic heterocycles. The number of ketones is 1. The van der Waals surface area contributed by atoms with Crippen molar-refractivity contribution in [1.29, 1.82) is 0 Å². The number of hydrogen-bond acceptors (Lipinski definition) is 3. The van der Waals surface area contributed by atoms with Crippen LogP contribution in [0.1, 0.15) is 49.4 Å². The van der Waals surface area contributed by atoms with Crippen molar-refractivity contribution < 1.29 is 14.3 Å². The van der Waals surface area contributed by atoms with Gasteiger partial charge in [0, 0.05) is 6.04 Å². The fraction of sp³-hybridized carbons (Fsp3) is 0.562. The van der Waals surface area contributed by atoms with Crippen LogP contribution in [-0.4, -0.2) is 34.9 Å². The van der Waals surface area contributed by atoms with Gasteiger partial charge < -0.3 is 5.11 Å². The predicted octanol–water partition coefficient (Wildman–Crippen LogP) is 3.37. The van der Waals surface area contributed by atoms with Gasteiger partial charge in [0.2, 0.25) is 0 Å². The minimum atomic E-state index is -0.494. The molecule has 0 atom stereocenters. The van der Waals surface area contributed by atoms with E-state index >= 15 is 0 Å². The van der Waals surface area contributed by atoms with Gasteiger partial charge in [-0.25, -0.2) is 4.39 Å². The molecule has 4 heteroatoms. The molecule has 1 saturated carbocycles. The van der Waals surface area contributed by atoms with Gasteiger partial charge in [-0.1, -0.05) is 26.2 Å². The molecule has 1 fully saturated rings. The van der Waals surface area contributed by atoms with Crippen molar-refractivity contribution in [3.63, 3.8) is 0 Å². The van der Waals surface area contributed by atoms with Gasteiger partial charge in [-0.05, 0) is 37.6 Å². The first-order chi connectivity index (χ1) is 9.61. The highest BCUT2D eigenvalue weighted by atomic mass is 19.1. The molecule has 2 rings (SSSR count). The summed E-state index contributed by atoms with van der Waals surface area (Å²) in [6, 6.07) is 3.95. The van der Waals surface area contributed by atoms with Gasteiger partial charge >= 0.3 is 0 Å². The lowest BCUT2D eigenvalue weighted by molar-refractivity contribution is 0.0865. The van der Waals surface area contributed by atoms with Gasteiger partial charge in [0.05, 0.1) is 12.1 Å². The molecule has 20 heavy (non-hydrogen) atoms. The third kappa shape index (κ3) is 3.57. The van der Waals surface area contributed by atoms with Crippen LogP contribution >= 0.6 is 0 Å². The third-order valence-corrected chi connectivity index (χ3v) is 4.10. The Morgan fingerprint density at radius 3 is 2.70 bits per heavy atom. The Kier molecular flexibility index (Phi) is 5.12. The summed E-state index contributed by atoms with van der Waals surface area (Å²) in [4.78, 5) is 14.4. The maximum atomic E-state index is 13.2. The zero-order valence-electron chi connectivity index (χ0n) is 11.9. The third-order valence-electron chi connectivity index (χ3n) is 4.10. The van der Waals surface area contributed by atoms with Crippen LogP contribution < -0.4 is 0 Å². The molecule has 3 nitrogen and oxygen atoms in total. The normalized spacial score (nSPS) is 16.6. The standard InChI is InChI=1S/C16H22FNO2/c1-2-18(13-6-4-3-5-7-13)11-16(20)14-10-12(17)8-9-15(14)19/h8-10,13,19H,2-7,11H2,1H3. The van der Waals surface area contributed by atoms with Crippen LogP contribution in [0, 0.1) is 5.82 Å². The van der Waals surface area contributed by atoms with E-state index in [9.17, 15) is 14.3 Å². The number of nitrogens with zero attached hydrogens (tertiary/aromatic N) is 1. The number of Topliss-reactive ketones (excluding diaryl/α,β-unsaturated/α-hetero) is 1. The van der Waals surface area contributed by atoms with E-state index in [1.165, 1.54) is 25.3 Å². The number of aromatic hydroxyl groups is 1. The molecule has 0 amide bonds. The first-order valence-corrected chi connectivity index (χ1v) is 7.37. The van der Waals surface area contributed by atoms with Crippen LogP contribution in [0.5, 0.6) is 5.75 Å². The number of phenolic OH excluding ortho intramolecular Hbond substituents is 1. The summed E-state index contributed by atoms with van der Waals surface area (Å²) in [6.45, 7) is 3.08. The summed E-state index contributed by atoms with van der Waals surface area (Å²) in [5.41, 5.74) is 0.0826. The average Bonchev–Trinajstić information content (AvgIpc) is 2.48. The average molecular weight is 279 g/mol. The second-order valence-electron chi connectivity index (χ2n) is 5.44. The van der Waals surface area contributed by atoms with Crippen molar-refractivity contribution >= 4 is 5.78 Å². The molecular weight excluding hydrogens is 257 g/mol. The van der Waals surface area contributed by atoms with Crippen LogP contribution in [0.15, 0.2) is 18.2 Å². The van der Waals surface area contributed by atoms with Crippen molar-refractivity contribution in [1.82, 2.24) is 4.90 Å². The van der Waals surface area contributed by atoms with Crippen LogP contribution in [0.4, 0.5) is 4.39 Å². The molecule has 1 N–H and O–H groups in total. The van der Waals surface area contributed by atoms with Gasteiger partial charge in [0.25, 0.3) is 0 Å². The maximum Gasteiger partial charge on any atom is 0.180 e. The van der Waals surface area contributed by atoms with Gasteiger partial charge in [-0.2, -0.15) is 0 Å². The number of benzene rings is 1. The molecule has 1 aromatic rings. The molecule has 0 heterocycles. The zero-order valence-corrected chi connectivity index (χ0v) is 11.9. The van der Waals surface area contributed by atoms with Gasteiger partial charge in [-0.15, -0.1) is 0 Å². The fourth-order valence-corrected chi connectivity index (χ4v) is 2.95. The molecule has 0 spiro atoms. The number of hydrogen-bond donors (Lipinski definition) is 1. The Balaban J connectivity index is 2.06. The lowest BCUT2D eigenvalue weighted by Crippen LogP contribution is -2.40. The Morgan fingerprint density at radius 2 is 2.05 bits per heavy atom. The molecule has 1 aromatic carbocycles. The molecule has 1 aliphatic rings. The van der Waals surface area contributed by atoms with E-state index in [2.05, 4.69) is 4.90 Å². The fourth-order valence-electron chi connectivity index (χ4n) is 2.95. The second-order valence-corrected chi connectivity index (χ2v) is 5.44. The van der Waals surface area contributed by atoms with E-state index in [-0.39, 0.29) is 23.6 Å². The highest BCUT2D eigenvalue weighted by Gasteiger charge is 2.23. The largest absolute Gasteiger partial charge is 0.507 e. The number of halogens is 1. The molecule has 0 aliphatic heterocycles. The van der Waals surface area contributed by atoms with Crippen LogP contribution in [0.2, 0.25) is 0 Å². The van der Waals surface area contributed by atoms with Crippen LogP contribution in [-0.2, 0) is 0 Å². The topological polar surface area (TPSA) is 40.5 Å². The summed E-state index contributed by atoms with van der Waals surface area (Å²) >= 11 is 0. The van der Waals surface area contributed by atoms with Crippen molar-refractivity contribution in [3.8, 4) is 5.75 Å². The zero-order chi connectivity index (χ0) is 14.5. The lowest BCUT2D eigenvalue weighted by Gasteiger charge is -2.33. The SMILES string of the molecule is CCN(CC(=O)c1cc(F)ccc1O)C1CCCCC1. The Bertz CT molecular complexity index is 470. The lowest BCUT2D eigenvalue weighted by atomic mass is 9.94. The van der Waals surface area contributed by atoms with Crippen molar-refractivity contribution in [3.05, 3.63) is 29.6 Å². The van der Waals surface area contributed by atoms with Crippen LogP contribution in [0.3, 0.4) is 0 Å². The van der Waals surface area contributed by atoms with E-state index in [1.54, 1.807) is 0 Å². The minimum absolute atomic E-state index is 0.0826. The summed E-state index contributed by atoms with van der Waals surface area (Å²) in [6.07, 6.45) is 5.93. The van der Waals surface area contributed by atoms with Gasteiger partial charge in [0.15, 0.2) is 5.78 Å². The van der Waals surface area contributed by atoms with Crippen molar-refractivity contribution in [2.24, 2.45) is 0 Å². The summed E-state index contributed by atoms with van der Waals surface area (Å²) in [5.74, 6) is -0.850. The molecule has 0 saturated heterocycles. The van der Waals surface area contributed by atoms with E-state index in [0.29, 0.717) is 6.04 Å². The highest BCUT2D eigenvalue weighted by Crippen LogP contribution is 2.24. The molecule has 1 aliphatic carbocycles. The minimum Gasteiger partial charge on any atom is -0.507 e. The predicted molar refractivity (Wildman–Crippen MR) is 76.5 cm³/mol. The number of likely N-dealkylation sites (N-methyl/N-ethyl adjacent to an activating group) is 1. The molecule has 0 unspecified atom stereocenters. The summed E-state index contributed by atoms with van der Waals surface area (Å²) in [7, 11) is 0. The quantitative estimate of drug-likeness (QED) is 0.840. The van der Waals surface area contributed by atoms with Crippen molar-refractivity contribution in [2.45, 2.75) is 45.1 Å². The Morgan fingerprint density at radius 1 is 1.35 bits per heavy atom. The summed E-state index contributed by atoms with van der Waals surface area (Å²) in [5, 5.41) is 9.70. The molecular formula is C16H22FNO2. The molecule has 0 radical (unpaired) electrons. The number of phenols is 1. The first kappa shape index (κ1) is 15.0. The van der Waals surface area contributed by atoms with Gasteiger partial charge in [-0.3, -0.25) is 9.69 Å². The first-order valence-electron chi connectivity index (χ1n) is 7.37. The number of carbonyl (C=O) groups is 1. The summed E-state index contributed by atoms with van der Waals surface area (Å²) < 4.78 is 13.2. The smallest absolute Gasteiger partial charge is 0.180 e. The Labute approximate surface area is 119 Å². The number of rotatable bonds is 5. The number of carbonyl (C=O) groups excluding carboxylic acids is 1. The highest BCUT2D eigenvalue weighted by molar-refractivity contribution is 6.00. The van der Waals surface area contributed by atoms with E-state index in [0.717, 1.165) is 31.5 Å². The van der Waals surface area contributed by atoms with E-state index < -0.39 is 5.82 Å². The monoisotopic (exact) mass is 279 g/mol. The second kappa shape index (κ2) is 6.84. The Hall–Kier alpha value is -1.42. The van der Waals surface area contributed by atoms with E-state index in [1.807, 2.05) is 6.92 Å². The van der Waals surface area contributed by atoms with E-state index in [4.69, 9.17) is 0 Å². The molecule has 110 valence electrons.